The van der Waals surface area contributed by atoms with Gasteiger partial charge in [0.1, 0.15) is 17.5 Å². The molecule has 3 aromatic heterocycles. The number of hydrogen-bond acceptors (Lipinski definition) is 5. The summed E-state index contributed by atoms with van der Waals surface area (Å²) in [5.74, 6) is -1.65. The van der Waals surface area contributed by atoms with Gasteiger partial charge in [0.15, 0.2) is 17.3 Å². The van der Waals surface area contributed by atoms with Gasteiger partial charge >= 0.3 is 0 Å². The molecule has 0 unspecified atom stereocenters. The first-order valence-corrected chi connectivity index (χ1v) is 30.9. The average molecular weight is 1220 g/mol. The summed E-state index contributed by atoms with van der Waals surface area (Å²) < 4.78 is 80.4. The predicted molar refractivity (Wildman–Crippen MR) is 355 cm³/mol. The zero-order valence-corrected chi connectivity index (χ0v) is 50.0. The van der Waals surface area contributed by atoms with Crippen LogP contribution in [0.2, 0.25) is 0 Å². The summed E-state index contributed by atoms with van der Waals surface area (Å²) >= 11 is 0. The fraction of sp³-hybridized carbons (Fsp3) is 0.260. The van der Waals surface area contributed by atoms with Crippen LogP contribution in [0.25, 0.3) is 65.0 Å². The molecule has 1 saturated heterocycles. The van der Waals surface area contributed by atoms with Crippen molar-refractivity contribution < 1.29 is 41.1 Å². The second-order valence-electron chi connectivity index (χ2n) is 22.7. The van der Waals surface area contributed by atoms with Crippen LogP contribution in [-0.4, -0.2) is 82.1 Å². The van der Waals surface area contributed by atoms with Gasteiger partial charge in [-0.2, -0.15) is 0 Å². The van der Waals surface area contributed by atoms with E-state index < -0.39 is 11.6 Å². The highest BCUT2D eigenvalue weighted by Gasteiger charge is 2.25. The number of carbonyl (C=O) groups is 3. The van der Waals surface area contributed by atoms with Crippen LogP contribution in [0.4, 0.5) is 22.0 Å². The molecular weight excluding hydrogens is 1140 g/mol. The molecule has 13 rings (SSSR count). The molecule has 1 fully saturated rings. The molecule has 4 heterocycles. The van der Waals surface area contributed by atoms with E-state index in [1.807, 2.05) is 153 Å². The second kappa shape index (κ2) is 30.0. The third kappa shape index (κ3) is 13.7. The van der Waals surface area contributed by atoms with E-state index in [1.165, 1.54) is 23.8 Å². The molecular formula is C77H75F5N4O4. The summed E-state index contributed by atoms with van der Waals surface area (Å²) in [6.45, 7) is 7.56. The Morgan fingerprint density at radius 1 is 0.400 bits per heavy atom. The predicted octanol–water partition coefficient (Wildman–Crippen LogP) is 18.7. The van der Waals surface area contributed by atoms with Gasteiger partial charge in [0, 0.05) is 90.7 Å². The number of halogens is 5. The van der Waals surface area contributed by atoms with Crippen LogP contribution >= 0.6 is 0 Å². The molecule has 462 valence electrons. The normalized spacial score (nSPS) is 12.5. The number of aromatic nitrogens is 3. The van der Waals surface area contributed by atoms with Crippen molar-refractivity contribution in [1.29, 1.82) is 0 Å². The lowest BCUT2D eigenvalue weighted by Gasteiger charge is -2.26. The first-order chi connectivity index (χ1) is 43.6. The van der Waals surface area contributed by atoms with E-state index in [0.717, 1.165) is 109 Å². The van der Waals surface area contributed by atoms with Crippen molar-refractivity contribution in [3.63, 3.8) is 0 Å². The van der Waals surface area contributed by atoms with Crippen LogP contribution in [0.3, 0.4) is 0 Å². The van der Waals surface area contributed by atoms with Crippen molar-refractivity contribution in [2.75, 3.05) is 46.2 Å². The second-order valence-corrected chi connectivity index (χ2v) is 22.7. The molecule has 0 bridgehead atoms. The van der Waals surface area contributed by atoms with Crippen LogP contribution < -0.4 is 0 Å². The molecule has 0 atom stereocenters. The quantitative estimate of drug-likeness (QED) is 0.0407. The lowest BCUT2D eigenvalue weighted by Crippen LogP contribution is -2.38. The summed E-state index contributed by atoms with van der Waals surface area (Å²) in [6, 6.07) is 53.4. The summed E-state index contributed by atoms with van der Waals surface area (Å²) in [5, 5.41) is 6.81. The molecule has 0 aliphatic carbocycles. The highest BCUT2D eigenvalue weighted by atomic mass is 19.1. The summed E-state index contributed by atoms with van der Waals surface area (Å²) in [7, 11) is 0. The molecule has 0 N–H and O–H groups in total. The minimum absolute atomic E-state index is 0. The number of nitrogens with zero attached hydrogens (tertiary/aromatic N) is 4. The molecule has 0 radical (unpaired) electrons. The SMILES string of the molecule is C.CCCc1ccc(C(=O)c2cn(CCCCCF)c3cccc(F)c23)c2ccccc12.O=C(c1cccc2ccccc12)c1cn(CCCCCF)c2cccc(F)c12.O=C(c1cccc2ccccc12)c1cn(CCN2CCOCC2)c2cccc(F)c12. The maximum Gasteiger partial charge on any atom is 0.195 e. The Hall–Kier alpha value is -9.04. The average Bonchev–Trinajstić information content (AvgIpc) is 1.67. The van der Waals surface area contributed by atoms with Gasteiger partial charge in [-0.25, -0.2) is 13.2 Å². The Bertz CT molecular complexity index is 4490. The van der Waals surface area contributed by atoms with Crippen molar-refractivity contribution in [1.82, 2.24) is 18.6 Å². The van der Waals surface area contributed by atoms with E-state index in [9.17, 15) is 36.3 Å². The van der Waals surface area contributed by atoms with Gasteiger partial charge in [-0.3, -0.25) is 28.1 Å². The first-order valence-electron chi connectivity index (χ1n) is 30.9. The standard InChI is InChI=1S/C27H27F2NO.C25H23FN2O2.C24H21F2NO.CH4/c1-2-9-19-14-15-22(21-11-5-4-10-20(19)21)27(31)23-18-30(17-7-3-6-16-28)25-13-8-12-24(29)26(23)25;26-22-9-4-10-23-24(22)21(17-28(23)12-11-27-13-15-30-16-14-27)25(29)20-8-3-6-18-5-1-2-7-19(18)20;25-14-4-1-5-15-27-16-20(23-21(26)12-7-13-22(23)27)24(28)19-11-6-9-17-8-2-3-10-18(17)19;/h4-5,8,10-15,18H,2-3,6-7,9,16-17H2,1H3;1-10,17H,11-16H2;2-3,6-13,16H,1,4-5,14-15H2;1H4. The fourth-order valence-electron chi connectivity index (χ4n) is 12.5. The van der Waals surface area contributed by atoms with E-state index in [4.69, 9.17) is 4.74 Å². The van der Waals surface area contributed by atoms with Crippen LogP contribution in [-0.2, 0) is 30.8 Å². The Morgan fingerprint density at radius 3 is 1.23 bits per heavy atom. The van der Waals surface area contributed by atoms with Crippen LogP contribution in [0.1, 0.15) is 113 Å². The van der Waals surface area contributed by atoms with E-state index in [2.05, 4.69) is 11.8 Å². The van der Waals surface area contributed by atoms with Crippen LogP contribution in [0, 0.1) is 17.5 Å². The van der Waals surface area contributed by atoms with Crippen LogP contribution in [0.15, 0.2) is 195 Å². The molecule has 1 aliphatic heterocycles. The van der Waals surface area contributed by atoms with Crippen molar-refractivity contribution in [2.24, 2.45) is 0 Å². The maximum atomic E-state index is 14.9. The molecule has 90 heavy (non-hydrogen) atoms. The lowest BCUT2D eigenvalue weighted by molar-refractivity contribution is 0.0365. The maximum absolute atomic E-state index is 14.9. The molecule has 0 amide bonds. The van der Waals surface area contributed by atoms with Crippen molar-refractivity contribution in [3.8, 4) is 0 Å². The van der Waals surface area contributed by atoms with Gasteiger partial charge in [0.2, 0.25) is 0 Å². The number of carbonyl (C=O) groups excluding carboxylic acids is 3. The van der Waals surface area contributed by atoms with Gasteiger partial charge < -0.3 is 18.4 Å². The Balaban J connectivity index is 0.000000148. The number of unbranched alkanes of at least 4 members (excludes halogenated alkanes) is 4. The van der Waals surface area contributed by atoms with Crippen molar-refractivity contribution >= 4 is 82.4 Å². The number of fused-ring (bicyclic) bond motifs is 6. The van der Waals surface area contributed by atoms with Gasteiger partial charge in [0.25, 0.3) is 0 Å². The summed E-state index contributed by atoms with van der Waals surface area (Å²) in [4.78, 5) is 42.9. The smallest absolute Gasteiger partial charge is 0.195 e. The lowest BCUT2D eigenvalue weighted by atomic mass is 9.93. The van der Waals surface area contributed by atoms with Gasteiger partial charge in [-0.1, -0.05) is 160 Å². The Kier molecular flexibility index (Phi) is 21.3. The zero-order chi connectivity index (χ0) is 61.8. The Morgan fingerprint density at radius 2 is 0.789 bits per heavy atom. The molecule has 1 aliphatic rings. The van der Waals surface area contributed by atoms with E-state index in [0.29, 0.717) is 93.0 Å². The summed E-state index contributed by atoms with van der Waals surface area (Å²) in [6.07, 6.45) is 11.4. The highest BCUT2D eigenvalue weighted by Crippen LogP contribution is 2.34. The number of ether oxygens (including phenoxy) is 1. The first kappa shape index (κ1) is 64.0. The molecule has 8 nitrogen and oxygen atoms in total. The van der Waals surface area contributed by atoms with E-state index in [1.54, 1.807) is 36.7 Å². The number of benzene rings is 9. The number of morpholine rings is 1. The fourth-order valence-corrected chi connectivity index (χ4v) is 12.5. The minimum atomic E-state index is -0.399. The minimum Gasteiger partial charge on any atom is -0.379 e. The highest BCUT2D eigenvalue weighted by molar-refractivity contribution is 6.23. The van der Waals surface area contributed by atoms with Crippen LogP contribution in [0.5, 0.6) is 0 Å². The van der Waals surface area contributed by atoms with E-state index >= 15 is 0 Å². The largest absolute Gasteiger partial charge is 0.379 e. The zero-order valence-electron chi connectivity index (χ0n) is 50.0. The molecule has 9 aromatic carbocycles. The number of alkyl halides is 2. The third-order valence-electron chi connectivity index (χ3n) is 17.0. The number of hydrogen-bond donors (Lipinski definition) is 0. The van der Waals surface area contributed by atoms with Crippen molar-refractivity contribution in [2.45, 2.75) is 85.4 Å². The Labute approximate surface area is 522 Å². The van der Waals surface area contributed by atoms with Gasteiger partial charge in [-0.05, 0) is 119 Å². The van der Waals surface area contributed by atoms with Gasteiger partial charge in [0.05, 0.1) is 59.8 Å². The third-order valence-corrected chi connectivity index (χ3v) is 17.0. The van der Waals surface area contributed by atoms with E-state index in [-0.39, 0.29) is 43.9 Å². The molecule has 0 saturated carbocycles. The summed E-state index contributed by atoms with van der Waals surface area (Å²) in [5.41, 5.74) is 6.31. The molecule has 12 aromatic rings. The monoisotopic (exact) mass is 1210 g/mol. The number of ketones is 3. The van der Waals surface area contributed by atoms with Gasteiger partial charge in [-0.15, -0.1) is 0 Å². The molecule has 0 spiro atoms. The van der Waals surface area contributed by atoms with Crippen molar-refractivity contribution in [3.05, 3.63) is 251 Å². The molecule has 13 heteroatoms. The topological polar surface area (TPSA) is 78.5 Å². The number of rotatable bonds is 21. The number of aryl methyl sites for hydroxylation is 3.